The van der Waals surface area contributed by atoms with Gasteiger partial charge in [-0.3, -0.25) is 4.79 Å². The quantitative estimate of drug-likeness (QED) is 0.811. The number of amides is 1. The van der Waals surface area contributed by atoms with E-state index in [4.69, 9.17) is 5.73 Å². The number of nitrogens with one attached hydrogen (secondary N) is 1. The lowest BCUT2D eigenvalue weighted by Gasteiger charge is -2.27. The minimum atomic E-state index is -0.418. The lowest BCUT2D eigenvalue weighted by molar-refractivity contribution is -0.125. The van der Waals surface area contributed by atoms with E-state index in [9.17, 15) is 4.79 Å². The van der Waals surface area contributed by atoms with Gasteiger partial charge in [-0.25, -0.2) is 0 Å². The molecule has 2 unspecified atom stereocenters. The Hall–Kier alpha value is -0.620. The number of rotatable bonds is 2. The molecule has 0 spiro atoms. The van der Waals surface area contributed by atoms with E-state index >= 15 is 0 Å². The van der Waals surface area contributed by atoms with Crippen molar-refractivity contribution in [2.24, 2.45) is 11.1 Å². The Bertz CT molecular complexity index is 435. The molecule has 0 saturated heterocycles. The van der Waals surface area contributed by atoms with Crippen molar-refractivity contribution in [3.05, 3.63) is 27.8 Å². The van der Waals surface area contributed by atoms with E-state index in [0.717, 1.165) is 28.5 Å². The zero-order valence-corrected chi connectivity index (χ0v) is 12.0. The molecule has 1 amide bonds. The van der Waals surface area contributed by atoms with E-state index in [1.807, 2.05) is 31.2 Å². The van der Waals surface area contributed by atoms with Crippen LogP contribution in [0.1, 0.15) is 26.2 Å². The molecule has 92 valence electrons. The fourth-order valence-corrected chi connectivity index (χ4v) is 2.82. The van der Waals surface area contributed by atoms with Crippen LogP contribution >= 0.6 is 22.6 Å². The van der Waals surface area contributed by atoms with Crippen molar-refractivity contribution < 1.29 is 4.79 Å². The summed E-state index contributed by atoms with van der Waals surface area (Å²) < 4.78 is 1.05. The van der Waals surface area contributed by atoms with E-state index in [0.29, 0.717) is 0 Å². The zero-order valence-electron chi connectivity index (χ0n) is 9.87. The van der Waals surface area contributed by atoms with Gasteiger partial charge in [-0.2, -0.15) is 0 Å². The molecule has 0 bridgehead atoms. The lowest BCUT2D eigenvalue weighted by Crippen LogP contribution is -2.44. The molecule has 0 radical (unpaired) electrons. The first-order valence-corrected chi connectivity index (χ1v) is 6.93. The second-order valence-corrected chi connectivity index (χ2v) is 6.01. The first-order chi connectivity index (χ1) is 8.04. The van der Waals surface area contributed by atoms with Crippen LogP contribution in [0.15, 0.2) is 24.3 Å². The van der Waals surface area contributed by atoms with Crippen molar-refractivity contribution in [2.75, 3.05) is 5.32 Å². The van der Waals surface area contributed by atoms with E-state index in [1.54, 1.807) is 0 Å². The molecule has 17 heavy (non-hydrogen) atoms. The number of hydrogen-bond acceptors (Lipinski definition) is 2. The number of carbonyl (C=O) groups excluding carboxylic acids is 1. The van der Waals surface area contributed by atoms with Gasteiger partial charge in [-0.1, -0.05) is 18.6 Å². The van der Waals surface area contributed by atoms with E-state index in [-0.39, 0.29) is 11.9 Å². The van der Waals surface area contributed by atoms with Crippen LogP contribution in [0.2, 0.25) is 0 Å². The van der Waals surface area contributed by atoms with Crippen LogP contribution in [0, 0.1) is 8.99 Å². The largest absolute Gasteiger partial charge is 0.327 e. The van der Waals surface area contributed by atoms with Gasteiger partial charge in [0.25, 0.3) is 0 Å². The minimum absolute atomic E-state index is 0.0242. The van der Waals surface area contributed by atoms with E-state index < -0.39 is 5.41 Å². The van der Waals surface area contributed by atoms with Gasteiger partial charge in [-0.15, -0.1) is 0 Å². The number of benzene rings is 1. The Morgan fingerprint density at radius 1 is 1.53 bits per heavy atom. The van der Waals surface area contributed by atoms with Gasteiger partial charge in [0, 0.05) is 9.61 Å². The van der Waals surface area contributed by atoms with Crippen LogP contribution in [-0.2, 0) is 4.79 Å². The summed E-state index contributed by atoms with van der Waals surface area (Å²) in [6, 6.07) is 7.76. The van der Waals surface area contributed by atoms with Crippen molar-refractivity contribution in [1.82, 2.24) is 0 Å². The minimum Gasteiger partial charge on any atom is -0.327 e. The maximum atomic E-state index is 12.3. The molecule has 1 aliphatic carbocycles. The fraction of sp³-hybridized carbons (Fsp3) is 0.462. The molecule has 0 heterocycles. The van der Waals surface area contributed by atoms with Crippen molar-refractivity contribution in [2.45, 2.75) is 32.2 Å². The summed E-state index contributed by atoms with van der Waals surface area (Å²) in [5, 5.41) is 3.00. The summed E-state index contributed by atoms with van der Waals surface area (Å²) in [5.41, 5.74) is 6.50. The number of hydrogen-bond donors (Lipinski definition) is 2. The number of halogens is 1. The fourth-order valence-electron chi connectivity index (χ4n) is 2.30. The standard InChI is InChI=1S/C13H17IN2O/c1-13(8-4-7-11(13)15)12(17)16-10-6-3-2-5-9(10)14/h2-3,5-6,11H,4,7-8,15H2,1H3,(H,16,17). The molecule has 1 fully saturated rings. The molecular weight excluding hydrogens is 327 g/mol. The molecule has 1 aliphatic rings. The Kier molecular flexibility index (Phi) is 3.73. The normalized spacial score (nSPS) is 28.1. The average Bonchev–Trinajstić information content (AvgIpc) is 2.64. The summed E-state index contributed by atoms with van der Waals surface area (Å²) in [4.78, 5) is 12.3. The second kappa shape index (κ2) is 4.94. The van der Waals surface area contributed by atoms with Crippen LogP contribution in [0.25, 0.3) is 0 Å². The highest BCUT2D eigenvalue weighted by molar-refractivity contribution is 14.1. The monoisotopic (exact) mass is 344 g/mol. The molecule has 1 aromatic rings. The van der Waals surface area contributed by atoms with Gasteiger partial charge in [0.2, 0.25) is 5.91 Å². The van der Waals surface area contributed by atoms with Crippen LogP contribution in [0.4, 0.5) is 5.69 Å². The van der Waals surface area contributed by atoms with Crippen molar-refractivity contribution in [3.63, 3.8) is 0 Å². The van der Waals surface area contributed by atoms with Crippen LogP contribution in [0.3, 0.4) is 0 Å². The highest BCUT2D eigenvalue weighted by Crippen LogP contribution is 2.37. The van der Waals surface area contributed by atoms with Crippen molar-refractivity contribution >= 4 is 34.2 Å². The average molecular weight is 344 g/mol. The van der Waals surface area contributed by atoms with Gasteiger partial charge in [0.15, 0.2) is 0 Å². The first-order valence-electron chi connectivity index (χ1n) is 5.85. The Labute approximate surface area is 115 Å². The molecule has 0 aliphatic heterocycles. The summed E-state index contributed by atoms with van der Waals surface area (Å²) in [6.07, 6.45) is 2.86. The van der Waals surface area contributed by atoms with E-state index in [1.165, 1.54) is 0 Å². The van der Waals surface area contributed by atoms with Crippen LogP contribution in [-0.4, -0.2) is 11.9 Å². The summed E-state index contributed by atoms with van der Waals surface area (Å²) in [5.74, 6) is 0.0478. The molecule has 1 aromatic carbocycles. The summed E-state index contributed by atoms with van der Waals surface area (Å²) in [6.45, 7) is 1.97. The van der Waals surface area contributed by atoms with Crippen molar-refractivity contribution in [1.29, 1.82) is 0 Å². The van der Waals surface area contributed by atoms with Gasteiger partial charge < -0.3 is 11.1 Å². The third-order valence-electron chi connectivity index (χ3n) is 3.67. The predicted octanol–water partition coefficient (Wildman–Crippen LogP) is 2.75. The second-order valence-electron chi connectivity index (χ2n) is 4.85. The molecule has 4 heteroatoms. The third kappa shape index (κ3) is 2.47. The van der Waals surface area contributed by atoms with Gasteiger partial charge in [-0.05, 0) is 54.5 Å². The Morgan fingerprint density at radius 2 is 2.24 bits per heavy atom. The predicted molar refractivity (Wildman–Crippen MR) is 77.7 cm³/mol. The van der Waals surface area contributed by atoms with E-state index in [2.05, 4.69) is 27.9 Å². The maximum absolute atomic E-state index is 12.3. The summed E-state index contributed by atoms with van der Waals surface area (Å²) >= 11 is 2.22. The number of anilines is 1. The number of carbonyl (C=O) groups is 1. The molecule has 3 nitrogen and oxygen atoms in total. The summed E-state index contributed by atoms with van der Waals surface area (Å²) in [7, 11) is 0. The Morgan fingerprint density at radius 3 is 2.82 bits per heavy atom. The molecule has 2 atom stereocenters. The third-order valence-corrected chi connectivity index (χ3v) is 4.61. The first kappa shape index (κ1) is 12.8. The van der Waals surface area contributed by atoms with Crippen LogP contribution in [0.5, 0.6) is 0 Å². The highest BCUT2D eigenvalue weighted by atomic mass is 127. The molecule has 0 aromatic heterocycles. The molecule has 1 saturated carbocycles. The lowest BCUT2D eigenvalue weighted by atomic mass is 9.84. The van der Waals surface area contributed by atoms with Gasteiger partial charge >= 0.3 is 0 Å². The number of para-hydroxylation sites is 1. The molecule has 2 rings (SSSR count). The van der Waals surface area contributed by atoms with Gasteiger partial charge in [0.1, 0.15) is 0 Å². The maximum Gasteiger partial charge on any atom is 0.231 e. The smallest absolute Gasteiger partial charge is 0.231 e. The molecule has 3 N–H and O–H groups in total. The number of nitrogens with two attached hydrogens (primary N) is 1. The van der Waals surface area contributed by atoms with Crippen LogP contribution < -0.4 is 11.1 Å². The van der Waals surface area contributed by atoms with Crippen molar-refractivity contribution in [3.8, 4) is 0 Å². The topological polar surface area (TPSA) is 55.1 Å². The Balaban J connectivity index is 2.15. The zero-order chi connectivity index (χ0) is 12.5. The van der Waals surface area contributed by atoms with Gasteiger partial charge in [0.05, 0.1) is 11.1 Å². The molecular formula is C13H17IN2O. The highest BCUT2D eigenvalue weighted by Gasteiger charge is 2.42. The SMILES string of the molecule is CC1(C(=O)Nc2ccccc2I)CCCC1N.